The molecule has 3 aromatic rings. The highest BCUT2D eigenvalue weighted by molar-refractivity contribution is 5.76. The Hall–Kier alpha value is -2.86. The van der Waals surface area contributed by atoms with Crippen LogP contribution in [-0.4, -0.2) is 28.3 Å². The minimum absolute atomic E-state index is 0.271. The van der Waals surface area contributed by atoms with E-state index in [4.69, 9.17) is 9.47 Å². The third-order valence-corrected chi connectivity index (χ3v) is 4.07. The van der Waals surface area contributed by atoms with Crippen LogP contribution >= 0.6 is 0 Å². The second-order valence-corrected chi connectivity index (χ2v) is 7.84. The molecule has 28 heavy (non-hydrogen) atoms. The first kappa shape index (κ1) is 19.9. The van der Waals surface area contributed by atoms with E-state index >= 15 is 0 Å². The number of amides is 1. The minimum Gasteiger partial charge on any atom is -0.444 e. The molecule has 0 radical (unpaired) electrons. The first-order valence-corrected chi connectivity index (χ1v) is 9.37. The SMILES string of the molecule is Cc1ccc2nc([C@@H](COCc3ccccc3)NC(=O)OC(C)(C)C)[nH]c2c1. The lowest BCUT2D eigenvalue weighted by Gasteiger charge is -2.23. The number of nitrogens with one attached hydrogen (secondary N) is 2. The second-order valence-electron chi connectivity index (χ2n) is 7.84. The second kappa shape index (κ2) is 8.44. The van der Waals surface area contributed by atoms with E-state index in [1.165, 1.54) is 0 Å². The van der Waals surface area contributed by atoms with E-state index in [0.29, 0.717) is 12.4 Å². The average molecular weight is 381 g/mol. The topological polar surface area (TPSA) is 76.2 Å². The van der Waals surface area contributed by atoms with Crippen molar-refractivity contribution in [3.63, 3.8) is 0 Å². The summed E-state index contributed by atoms with van der Waals surface area (Å²) >= 11 is 0. The Bertz CT molecular complexity index is 929. The Morgan fingerprint density at radius 1 is 1.18 bits per heavy atom. The molecule has 6 nitrogen and oxygen atoms in total. The number of ether oxygens (including phenoxy) is 2. The number of H-pyrrole nitrogens is 1. The van der Waals surface area contributed by atoms with E-state index in [1.807, 2.05) is 76.2 Å². The number of aromatic amines is 1. The van der Waals surface area contributed by atoms with Crippen molar-refractivity contribution in [2.45, 2.75) is 45.9 Å². The summed E-state index contributed by atoms with van der Waals surface area (Å²) in [5.74, 6) is 0.638. The van der Waals surface area contributed by atoms with E-state index in [-0.39, 0.29) is 6.61 Å². The quantitative estimate of drug-likeness (QED) is 0.651. The van der Waals surface area contributed by atoms with Gasteiger partial charge in [0.2, 0.25) is 0 Å². The number of hydrogen-bond acceptors (Lipinski definition) is 4. The lowest BCUT2D eigenvalue weighted by Crippen LogP contribution is -2.37. The first-order valence-electron chi connectivity index (χ1n) is 9.37. The molecule has 0 aliphatic rings. The summed E-state index contributed by atoms with van der Waals surface area (Å²) < 4.78 is 11.3. The molecule has 2 aromatic carbocycles. The van der Waals surface area contributed by atoms with Gasteiger partial charge in [-0.05, 0) is 51.0 Å². The zero-order chi connectivity index (χ0) is 20.1. The molecule has 0 saturated carbocycles. The van der Waals surface area contributed by atoms with Gasteiger partial charge in [-0.3, -0.25) is 0 Å². The van der Waals surface area contributed by atoms with Crippen molar-refractivity contribution < 1.29 is 14.3 Å². The third-order valence-electron chi connectivity index (χ3n) is 4.07. The van der Waals surface area contributed by atoms with Crippen molar-refractivity contribution in [1.29, 1.82) is 0 Å². The Morgan fingerprint density at radius 2 is 1.93 bits per heavy atom. The van der Waals surface area contributed by atoms with E-state index < -0.39 is 17.7 Å². The summed E-state index contributed by atoms with van der Waals surface area (Å²) in [6.07, 6.45) is -0.502. The molecule has 0 aliphatic heterocycles. The van der Waals surface area contributed by atoms with Gasteiger partial charge in [0.25, 0.3) is 0 Å². The number of imidazole rings is 1. The van der Waals surface area contributed by atoms with E-state index in [0.717, 1.165) is 22.2 Å². The van der Waals surface area contributed by atoms with Gasteiger partial charge in [-0.25, -0.2) is 9.78 Å². The van der Waals surface area contributed by atoms with Crippen LogP contribution in [0, 0.1) is 6.92 Å². The molecule has 0 saturated heterocycles. The molecule has 2 N–H and O–H groups in total. The molecular formula is C22H27N3O3. The van der Waals surface area contributed by atoms with Crippen LogP contribution in [0.25, 0.3) is 11.0 Å². The van der Waals surface area contributed by atoms with Gasteiger partial charge >= 0.3 is 6.09 Å². The van der Waals surface area contributed by atoms with Gasteiger partial charge in [0.15, 0.2) is 0 Å². The zero-order valence-corrected chi connectivity index (χ0v) is 16.8. The number of carbonyl (C=O) groups is 1. The number of benzene rings is 2. The fourth-order valence-electron chi connectivity index (χ4n) is 2.82. The smallest absolute Gasteiger partial charge is 0.408 e. The maximum Gasteiger partial charge on any atom is 0.408 e. The van der Waals surface area contributed by atoms with Crippen molar-refractivity contribution in [2.24, 2.45) is 0 Å². The third kappa shape index (κ3) is 5.57. The predicted octanol–water partition coefficient (Wildman–Crippen LogP) is 4.65. The van der Waals surface area contributed by atoms with E-state index in [9.17, 15) is 4.79 Å². The van der Waals surface area contributed by atoms with Gasteiger partial charge < -0.3 is 19.8 Å². The summed E-state index contributed by atoms with van der Waals surface area (Å²) in [7, 11) is 0. The molecule has 1 amide bonds. The Labute approximate surface area is 165 Å². The molecule has 0 unspecified atom stereocenters. The number of alkyl carbamates (subject to hydrolysis) is 1. The maximum absolute atomic E-state index is 12.3. The van der Waals surface area contributed by atoms with Crippen LogP contribution in [-0.2, 0) is 16.1 Å². The Morgan fingerprint density at radius 3 is 2.64 bits per heavy atom. The first-order chi connectivity index (χ1) is 13.3. The van der Waals surface area contributed by atoms with Crippen LogP contribution in [0.2, 0.25) is 0 Å². The monoisotopic (exact) mass is 381 g/mol. The predicted molar refractivity (Wildman–Crippen MR) is 109 cm³/mol. The fraction of sp³-hybridized carbons (Fsp3) is 0.364. The number of aryl methyl sites for hydroxylation is 1. The van der Waals surface area contributed by atoms with Crippen molar-refractivity contribution in [1.82, 2.24) is 15.3 Å². The van der Waals surface area contributed by atoms with Crippen molar-refractivity contribution in [2.75, 3.05) is 6.61 Å². The summed E-state index contributed by atoms with van der Waals surface area (Å²) in [5.41, 5.74) is 3.40. The van der Waals surface area contributed by atoms with Gasteiger partial charge in [-0.15, -0.1) is 0 Å². The average Bonchev–Trinajstić information content (AvgIpc) is 3.03. The standard InChI is InChI=1S/C22H27N3O3/c1-15-10-11-17-18(12-15)24-20(23-17)19(25-21(26)28-22(2,3)4)14-27-13-16-8-6-5-7-9-16/h5-12,19H,13-14H2,1-4H3,(H,23,24)(H,25,26)/t19-/m1/s1. The molecule has 0 spiro atoms. The molecule has 0 aliphatic carbocycles. The van der Waals surface area contributed by atoms with Crippen LogP contribution in [0.15, 0.2) is 48.5 Å². The maximum atomic E-state index is 12.3. The number of rotatable bonds is 6. The van der Waals surface area contributed by atoms with Gasteiger partial charge in [-0.2, -0.15) is 0 Å². The Balaban J connectivity index is 1.75. The van der Waals surface area contributed by atoms with Gasteiger partial charge in [0.1, 0.15) is 17.5 Å². The van der Waals surface area contributed by atoms with Gasteiger partial charge in [-0.1, -0.05) is 36.4 Å². The molecule has 1 aromatic heterocycles. The highest BCUT2D eigenvalue weighted by atomic mass is 16.6. The lowest BCUT2D eigenvalue weighted by atomic mass is 10.2. The molecule has 0 bridgehead atoms. The van der Waals surface area contributed by atoms with Crippen LogP contribution < -0.4 is 5.32 Å². The van der Waals surface area contributed by atoms with Gasteiger partial charge in [0, 0.05) is 0 Å². The molecule has 6 heteroatoms. The van der Waals surface area contributed by atoms with Gasteiger partial charge in [0.05, 0.1) is 24.2 Å². The van der Waals surface area contributed by atoms with E-state index in [2.05, 4.69) is 15.3 Å². The molecule has 148 valence electrons. The number of hydrogen-bond donors (Lipinski definition) is 2. The number of carbonyl (C=O) groups excluding carboxylic acids is 1. The van der Waals surface area contributed by atoms with Crippen molar-refractivity contribution in [3.05, 3.63) is 65.5 Å². The summed E-state index contributed by atoms with van der Waals surface area (Å²) in [6, 6.07) is 15.4. The normalized spacial score (nSPS) is 12.7. The van der Waals surface area contributed by atoms with Crippen LogP contribution in [0.1, 0.15) is 43.8 Å². The van der Waals surface area contributed by atoms with E-state index in [1.54, 1.807) is 0 Å². The molecule has 1 atom stereocenters. The zero-order valence-electron chi connectivity index (χ0n) is 16.8. The number of aromatic nitrogens is 2. The largest absolute Gasteiger partial charge is 0.444 e. The van der Waals surface area contributed by atoms with Crippen LogP contribution in [0.3, 0.4) is 0 Å². The highest BCUT2D eigenvalue weighted by Crippen LogP contribution is 2.19. The molecule has 0 fully saturated rings. The summed E-state index contributed by atoms with van der Waals surface area (Å²) in [4.78, 5) is 20.2. The fourth-order valence-corrected chi connectivity index (χ4v) is 2.82. The van der Waals surface area contributed by atoms with Crippen LogP contribution in [0.5, 0.6) is 0 Å². The lowest BCUT2D eigenvalue weighted by molar-refractivity contribution is 0.0421. The summed E-state index contributed by atoms with van der Waals surface area (Å²) in [5, 5.41) is 2.87. The molecule has 1 heterocycles. The minimum atomic E-state index is -0.579. The Kier molecular flexibility index (Phi) is 5.99. The van der Waals surface area contributed by atoms with Crippen LogP contribution in [0.4, 0.5) is 4.79 Å². The number of nitrogens with zero attached hydrogens (tertiary/aromatic N) is 1. The van der Waals surface area contributed by atoms with Crippen molar-refractivity contribution in [3.8, 4) is 0 Å². The molecular weight excluding hydrogens is 354 g/mol. The molecule has 3 rings (SSSR count). The van der Waals surface area contributed by atoms with Crippen molar-refractivity contribution >= 4 is 17.1 Å². The number of fused-ring (bicyclic) bond motifs is 1. The summed E-state index contributed by atoms with van der Waals surface area (Å²) in [6.45, 7) is 8.24. The highest BCUT2D eigenvalue weighted by Gasteiger charge is 2.23.